The van der Waals surface area contributed by atoms with Gasteiger partial charge in [-0.1, -0.05) is 53.2 Å². The number of aldehydes is 1. The van der Waals surface area contributed by atoms with Crippen molar-refractivity contribution in [3.63, 3.8) is 0 Å². The molecule has 28 N–H and O–H groups in total. The fourth-order valence-electron chi connectivity index (χ4n) is 25.3. The molecule has 15 fully saturated rings. The molecule has 0 aromatic rings. The Morgan fingerprint density at radius 2 is 0.772 bits per heavy atom. The summed E-state index contributed by atoms with van der Waals surface area (Å²) in [5.74, 6) is -3.85. The molecule has 60 atom stereocenters. The smallest absolute Gasteiger partial charge is 0.340 e. The van der Waals surface area contributed by atoms with Crippen molar-refractivity contribution in [3.05, 3.63) is 11.6 Å². The molecule has 53 heteroatoms. The van der Waals surface area contributed by atoms with Gasteiger partial charge in [0.15, 0.2) is 68.8 Å². The van der Waals surface area contributed by atoms with Crippen LogP contribution >= 0.6 is 0 Å². The predicted molar refractivity (Wildman–Crippen MR) is 464 cm³/mol. The molecule has 0 aromatic heterocycles. The lowest BCUT2D eigenvalue weighted by Crippen LogP contribution is -2.69. The highest BCUT2D eigenvalue weighted by Gasteiger charge is 2.73. The van der Waals surface area contributed by atoms with Gasteiger partial charge < -0.3 is 252 Å². The average molecular weight is 2100 g/mol. The molecule has 11 heterocycles. The van der Waals surface area contributed by atoms with Crippen LogP contribution in [0.25, 0.3) is 0 Å². The van der Waals surface area contributed by atoms with Crippen molar-refractivity contribution >= 4 is 18.2 Å². The van der Waals surface area contributed by atoms with Gasteiger partial charge in [0.05, 0.1) is 81.5 Å². The second-order valence-electron chi connectivity index (χ2n) is 43.8. The number of aliphatic hydroxyl groups is 28. The number of hydrogen-bond acceptors (Lipinski definition) is 53. The quantitative estimate of drug-likeness (QED) is 0.0165. The Kier molecular flexibility index (Phi) is 35.1. The number of fused-ring (bicyclic) bond motifs is 7. The van der Waals surface area contributed by atoms with Crippen LogP contribution < -0.4 is 0 Å². The number of carbonyl (C=O) groups excluding carboxylic acids is 3. The fraction of sp³-hybridized carbons (Fsp3) is 0.946. The third-order valence-corrected chi connectivity index (χ3v) is 34.4. The number of ether oxygens (including phenoxy) is 22. The zero-order valence-electron chi connectivity index (χ0n) is 81.2. The van der Waals surface area contributed by atoms with Gasteiger partial charge in [-0.3, -0.25) is 4.79 Å². The Balaban J connectivity index is 0.632. The van der Waals surface area contributed by atoms with E-state index < -0.39 is 422 Å². The van der Waals surface area contributed by atoms with E-state index in [1.165, 1.54) is 20.8 Å². The molecule has 145 heavy (non-hydrogen) atoms. The lowest BCUT2D eigenvalue weighted by molar-refractivity contribution is -0.391. The summed E-state index contributed by atoms with van der Waals surface area (Å²) in [6.45, 7) is 11.1. The number of allylic oxidation sites excluding steroid dienone is 2. The summed E-state index contributed by atoms with van der Waals surface area (Å²) in [5.41, 5.74) is -4.54. The standard InChI is InChI=1S/C92H146O53/c1-29-44(100)50(106)57(113)79(128-29)141-71-62(118)67(137-80-61(117)54(110)66(30(2)129-80)136-77-64(120)69(36(99)25-125-77)139-78-65(121)68(35(98)26-126-78)138-75-55(111)45(101)34(97)24-124-75)31(3)130-84(71)145-86(123)92-18-16-87(4,5)20-33(92)32-10-11-42-88(6)14-13-43(89(7,28-96)41(88)12-15-91(42,9)90(32,8)17-19-92)135-85-72(142-82-59(115)52(108)47(103)38(22-94)132-82)63(119)70(73(143-85)74(122)144-83-60(116)53(109)48(104)39(23-95)133-83)140-76-56(112)49(105)40(27-127-76)134-81-58(114)51(107)46(102)37(21-93)131-81/h10,28-31,33-73,75-85,93-95,97-121H,11-27H2,1-9H3/t29-,30-,31-,33-,34+,35+,36-,37-,38+,39-,40+,41+,42+,43-,44-,45+,46-,47+,48+,49+,50-,51+,52-,53+,54-,55+,56+,57+,58+,59-,60+,61+,62+,63+,64+,65+,66+,67-,68+,69-,70-,71-,72-,73-,75-,76+,77+,78+,79-,80-,81+,82+,83-,84-,85-,88+,89-,90+,91-,92-/m1/s1. The summed E-state index contributed by atoms with van der Waals surface area (Å²) in [6, 6.07) is 0. The second-order valence-corrected chi connectivity index (χ2v) is 43.8. The Labute approximate surface area is 830 Å². The van der Waals surface area contributed by atoms with E-state index in [-0.39, 0.29) is 31.6 Å². The molecule has 0 radical (unpaired) electrons. The topological polar surface area (TPSA) is 821 Å². The summed E-state index contributed by atoms with van der Waals surface area (Å²) in [7, 11) is 0. The maximum Gasteiger partial charge on any atom is 0.340 e. The third kappa shape index (κ3) is 20.9. The van der Waals surface area contributed by atoms with Crippen molar-refractivity contribution in [3.8, 4) is 0 Å². The molecule has 0 bridgehead atoms. The first-order valence-electron chi connectivity index (χ1n) is 49.6. The number of esters is 2. The summed E-state index contributed by atoms with van der Waals surface area (Å²) in [6.07, 6.45) is -92.2. The van der Waals surface area contributed by atoms with Gasteiger partial charge in [0, 0.05) is 0 Å². The molecule has 832 valence electrons. The second kappa shape index (κ2) is 44.6. The Morgan fingerprint density at radius 3 is 1.32 bits per heavy atom. The molecule has 53 nitrogen and oxygen atoms in total. The number of carbonyl (C=O) groups is 3. The van der Waals surface area contributed by atoms with Crippen molar-refractivity contribution in [2.24, 2.45) is 50.2 Å². The minimum Gasteiger partial charge on any atom is -0.432 e. The van der Waals surface area contributed by atoms with Crippen LogP contribution in [0.15, 0.2) is 11.6 Å². The predicted octanol–water partition coefficient (Wildman–Crippen LogP) is -12.9. The minimum atomic E-state index is -2.47. The van der Waals surface area contributed by atoms with E-state index in [2.05, 4.69) is 40.7 Å². The van der Waals surface area contributed by atoms with Gasteiger partial charge in [-0.25, -0.2) is 4.79 Å². The van der Waals surface area contributed by atoms with Crippen LogP contribution in [-0.4, -0.2) is 527 Å². The molecular formula is C92H146O53. The molecule has 16 aliphatic rings. The Morgan fingerprint density at radius 1 is 0.352 bits per heavy atom. The highest BCUT2D eigenvalue weighted by atomic mass is 16.8. The van der Waals surface area contributed by atoms with Crippen LogP contribution in [0.5, 0.6) is 0 Å². The third-order valence-electron chi connectivity index (χ3n) is 34.4. The Hall–Kier alpha value is -3.57. The SMILES string of the molecule is C[C@H]1O[C@H](O[C@H]2[C@@H](OC(=O)[C@@]34CCC(C)(C)C[C@@H]3C3=CC[C@H]5[C@@]6(C)CC[C@@H](O[C@@H]7O[C@@H](C(=O)O[C@H]8O[C@H](CO)[C@H](O)[C@H](O)[C@@H]8O)[C@H](O[C@@H]8OC[C@H](O[C@@H]9O[C@H](CO)[C@@H](O)[C@H](O)[C@@H]9O)[C@H](O)[C@@H]8O)[C@H](O)[C@H]7O[C@@H]7O[C@@H](CO)[C@H](O)[C@@H](O)[C@H]7O)[C@](C)(C=O)[C@H]6CC[C@@]5(C)[C@@]3(C)CC4)O[C@H](C)[C@@H](O[C@H]3O[C@H](C)[C@H](O[C@@H]4OC[C@@H](O)[C@@H](O[C@@H]5OC[C@H](O)[C@H](O[C@H]6OC[C@H](O)[C@H](O)[C@@H]6O)[C@@H]5O)[C@@H]4O)[C@H](O)[C@@H]3O)[C@@H]2O)[C@@H](O)[C@H](O)[C@@H]1O. The van der Waals surface area contributed by atoms with E-state index in [9.17, 15) is 148 Å². The highest BCUT2D eigenvalue weighted by molar-refractivity contribution is 5.79. The van der Waals surface area contributed by atoms with Crippen molar-refractivity contribution in [2.75, 3.05) is 46.2 Å². The zero-order chi connectivity index (χ0) is 105. The van der Waals surface area contributed by atoms with Gasteiger partial charge in [-0.2, -0.15) is 0 Å². The van der Waals surface area contributed by atoms with Crippen LogP contribution in [0.1, 0.15) is 127 Å². The summed E-state index contributed by atoms with van der Waals surface area (Å²) >= 11 is 0. The lowest BCUT2D eigenvalue weighted by Gasteiger charge is -2.71. The normalized spacial score (nSPS) is 55.0. The first kappa shape index (κ1) is 114. The molecule has 0 spiro atoms. The van der Waals surface area contributed by atoms with E-state index in [0.717, 1.165) is 11.9 Å². The van der Waals surface area contributed by atoms with E-state index in [1.54, 1.807) is 6.92 Å². The zero-order valence-corrected chi connectivity index (χ0v) is 81.2. The lowest BCUT2D eigenvalue weighted by atomic mass is 9.33. The van der Waals surface area contributed by atoms with Crippen LogP contribution in [0.4, 0.5) is 0 Å². The van der Waals surface area contributed by atoms with E-state index in [1.807, 2.05) is 0 Å². The van der Waals surface area contributed by atoms with Gasteiger partial charge >= 0.3 is 11.9 Å². The van der Waals surface area contributed by atoms with Crippen LogP contribution in [-0.2, 0) is 119 Å². The number of rotatable bonds is 26. The maximum absolute atomic E-state index is 16.2. The van der Waals surface area contributed by atoms with Crippen molar-refractivity contribution in [1.82, 2.24) is 0 Å². The molecule has 5 aliphatic carbocycles. The minimum absolute atomic E-state index is 0.0224. The summed E-state index contributed by atoms with van der Waals surface area (Å²) in [5, 5.41) is 311. The average Bonchev–Trinajstić information content (AvgIpc) is 0.671. The largest absolute Gasteiger partial charge is 0.432 e. The molecule has 0 unspecified atom stereocenters. The van der Waals surface area contributed by atoms with E-state index >= 15 is 9.59 Å². The first-order chi connectivity index (χ1) is 68.3. The molecular weight excluding hydrogens is 1950 g/mol. The van der Waals surface area contributed by atoms with E-state index in [0.29, 0.717) is 38.5 Å². The monoisotopic (exact) mass is 2100 g/mol. The first-order valence-corrected chi connectivity index (χ1v) is 49.6. The van der Waals surface area contributed by atoms with Crippen molar-refractivity contribution in [1.29, 1.82) is 0 Å². The molecule has 4 saturated carbocycles. The van der Waals surface area contributed by atoms with Gasteiger partial charge in [-0.15, -0.1) is 0 Å². The highest BCUT2D eigenvalue weighted by Crippen LogP contribution is 2.76. The van der Waals surface area contributed by atoms with Gasteiger partial charge in [0.2, 0.25) is 12.6 Å². The summed E-state index contributed by atoms with van der Waals surface area (Å²) in [4.78, 5) is 46.1. The van der Waals surface area contributed by atoms with Gasteiger partial charge in [0.1, 0.15) is 220 Å². The Bertz CT molecular complexity index is 4340. The van der Waals surface area contributed by atoms with Gasteiger partial charge in [0.25, 0.3) is 0 Å². The maximum atomic E-state index is 16.2. The van der Waals surface area contributed by atoms with E-state index in [4.69, 9.17) is 104 Å². The van der Waals surface area contributed by atoms with Crippen molar-refractivity contribution in [2.45, 2.75) is 446 Å². The molecule has 11 saturated heterocycles. The number of aliphatic hydroxyl groups excluding tert-OH is 28. The molecule has 11 aliphatic heterocycles. The molecule has 0 amide bonds. The summed E-state index contributed by atoms with van der Waals surface area (Å²) < 4.78 is 132. The fourth-order valence-corrected chi connectivity index (χ4v) is 25.3. The number of hydrogen-bond donors (Lipinski definition) is 28. The molecule has 16 rings (SSSR count). The van der Waals surface area contributed by atoms with Crippen LogP contribution in [0.3, 0.4) is 0 Å². The van der Waals surface area contributed by atoms with Crippen molar-refractivity contribution < 1.29 is 262 Å². The van der Waals surface area contributed by atoms with Crippen LogP contribution in [0, 0.1) is 50.2 Å². The van der Waals surface area contributed by atoms with Crippen LogP contribution in [0.2, 0.25) is 0 Å². The molecule has 0 aromatic carbocycles. The van der Waals surface area contributed by atoms with Gasteiger partial charge in [-0.05, 0) is 124 Å².